The predicted octanol–water partition coefficient (Wildman–Crippen LogP) is 4.72. The van der Waals surface area contributed by atoms with Crippen molar-refractivity contribution in [3.8, 4) is 0 Å². The van der Waals surface area contributed by atoms with E-state index < -0.39 is 6.09 Å². The van der Waals surface area contributed by atoms with Gasteiger partial charge in [-0.05, 0) is 54.4 Å². The van der Waals surface area contributed by atoms with Gasteiger partial charge in [-0.3, -0.25) is 15.1 Å². The molecule has 0 aliphatic heterocycles. The molecule has 3 rings (SSSR count). The standard InChI is InChI=1S/C22H20ClN3O3/c1-15-2-7-18(13-24-15)21(27)25-12-16-5-10-20(11-6-16)26-22(28)29-14-17-3-8-19(23)9-4-17/h2-11,13H,12,14H2,1H3,(H,25,27)(H,26,28). The third-order valence-corrected chi connectivity index (χ3v) is 4.36. The third kappa shape index (κ3) is 6.33. The molecule has 0 aliphatic rings. The van der Waals surface area contributed by atoms with Crippen molar-refractivity contribution in [1.29, 1.82) is 0 Å². The first-order valence-electron chi connectivity index (χ1n) is 8.97. The number of aromatic nitrogens is 1. The number of benzene rings is 2. The summed E-state index contributed by atoms with van der Waals surface area (Å²) in [5.41, 5.74) is 3.72. The van der Waals surface area contributed by atoms with Crippen molar-refractivity contribution >= 4 is 29.3 Å². The Kier molecular flexibility index (Phi) is 6.81. The molecule has 2 N–H and O–H groups in total. The minimum Gasteiger partial charge on any atom is -0.444 e. The number of amides is 2. The topological polar surface area (TPSA) is 80.3 Å². The van der Waals surface area contributed by atoms with Crippen LogP contribution < -0.4 is 10.6 Å². The van der Waals surface area contributed by atoms with E-state index in [1.165, 1.54) is 0 Å². The lowest BCUT2D eigenvalue weighted by Gasteiger charge is -2.09. The van der Waals surface area contributed by atoms with Crippen molar-refractivity contribution in [3.05, 3.63) is 94.3 Å². The molecule has 0 saturated carbocycles. The predicted molar refractivity (Wildman–Crippen MR) is 112 cm³/mol. The number of hydrogen-bond acceptors (Lipinski definition) is 4. The van der Waals surface area contributed by atoms with Gasteiger partial charge in [0.1, 0.15) is 6.61 Å². The zero-order valence-corrected chi connectivity index (χ0v) is 16.6. The number of carbonyl (C=O) groups is 2. The Balaban J connectivity index is 1.45. The lowest BCUT2D eigenvalue weighted by atomic mass is 10.2. The summed E-state index contributed by atoms with van der Waals surface area (Å²) in [4.78, 5) is 28.1. The number of anilines is 1. The van der Waals surface area contributed by atoms with Crippen molar-refractivity contribution < 1.29 is 14.3 Å². The minimum atomic E-state index is -0.548. The van der Waals surface area contributed by atoms with Crippen molar-refractivity contribution in [1.82, 2.24) is 10.3 Å². The highest BCUT2D eigenvalue weighted by molar-refractivity contribution is 6.30. The smallest absolute Gasteiger partial charge is 0.411 e. The van der Waals surface area contributed by atoms with E-state index >= 15 is 0 Å². The first kappa shape index (κ1) is 20.4. The molecule has 0 unspecified atom stereocenters. The number of nitrogens with one attached hydrogen (secondary N) is 2. The van der Waals surface area contributed by atoms with Crippen LogP contribution >= 0.6 is 11.6 Å². The normalized spacial score (nSPS) is 10.3. The molecule has 29 heavy (non-hydrogen) atoms. The summed E-state index contributed by atoms with van der Waals surface area (Å²) in [6, 6.07) is 17.7. The fourth-order valence-electron chi connectivity index (χ4n) is 2.48. The maximum absolute atomic E-state index is 12.1. The van der Waals surface area contributed by atoms with Gasteiger partial charge in [0.05, 0.1) is 5.56 Å². The van der Waals surface area contributed by atoms with Crippen LogP contribution in [-0.2, 0) is 17.9 Å². The van der Waals surface area contributed by atoms with Crippen molar-refractivity contribution in [2.24, 2.45) is 0 Å². The zero-order valence-electron chi connectivity index (χ0n) is 15.8. The Bertz CT molecular complexity index is 972. The number of ether oxygens (including phenoxy) is 1. The maximum Gasteiger partial charge on any atom is 0.411 e. The molecule has 6 nitrogen and oxygen atoms in total. The van der Waals surface area contributed by atoms with Crippen molar-refractivity contribution in [3.63, 3.8) is 0 Å². The van der Waals surface area contributed by atoms with Crippen LogP contribution in [-0.4, -0.2) is 17.0 Å². The van der Waals surface area contributed by atoms with Crippen LogP contribution in [0.5, 0.6) is 0 Å². The van der Waals surface area contributed by atoms with Gasteiger partial charge < -0.3 is 10.1 Å². The second-order valence-corrected chi connectivity index (χ2v) is 6.83. The molecule has 2 aromatic carbocycles. The van der Waals surface area contributed by atoms with E-state index in [0.29, 0.717) is 22.8 Å². The monoisotopic (exact) mass is 409 g/mol. The molecule has 0 aliphatic carbocycles. The van der Waals surface area contributed by atoms with Gasteiger partial charge in [0, 0.05) is 29.1 Å². The number of pyridine rings is 1. The summed E-state index contributed by atoms with van der Waals surface area (Å²) in [7, 11) is 0. The van der Waals surface area contributed by atoms with Crippen LogP contribution in [0.1, 0.15) is 27.2 Å². The molecule has 0 atom stereocenters. The molecule has 0 saturated heterocycles. The summed E-state index contributed by atoms with van der Waals surface area (Å²) < 4.78 is 5.18. The van der Waals surface area contributed by atoms with E-state index in [0.717, 1.165) is 16.8 Å². The average Bonchev–Trinajstić information content (AvgIpc) is 2.73. The van der Waals surface area contributed by atoms with Gasteiger partial charge in [-0.1, -0.05) is 35.9 Å². The van der Waals surface area contributed by atoms with E-state index in [2.05, 4.69) is 15.6 Å². The van der Waals surface area contributed by atoms with Gasteiger partial charge in [0.2, 0.25) is 0 Å². The van der Waals surface area contributed by atoms with Crippen LogP contribution in [0.2, 0.25) is 5.02 Å². The Morgan fingerprint density at radius 3 is 2.31 bits per heavy atom. The van der Waals surface area contributed by atoms with Crippen LogP contribution in [0.3, 0.4) is 0 Å². The lowest BCUT2D eigenvalue weighted by Crippen LogP contribution is -2.23. The van der Waals surface area contributed by atoms with E-state index in [1.807, 2.05) is 19.1 Å². The summed E-state index contributed by atoms with van der Waals surface area (Å²) in [6.07, 6.45) is 1.00. The number of halogens is 1. The Morgan fingerprint density at radius 2 is 1.66 bits per heavy atom. The SMILES string of the molecule is Cc1ccc(C(=O)NCc2ccc(NC(=O)OCc3ccc(Cl)cc3)cc2)cn1. The van der Waals surface area contributed by atoms with Gasteiger partial charge in [-0.15, -0.1) is 0 Å². The molecule has 1 heterocycles. The highest BCUT2D eigenvalue weighted by atomic mass is 35.5. The summed E-state index contributed by atoms with van der Waals surface area (Å²) in [5.74, 6) is -0.189. The van der Waals surface area contributed by atoms with Crippen LogP contribution in [0.25, 0.3) is 0 Å². The molecule has 1 aromatic heterocycles. The molecular formula is C22H20ClN3O3. The highest BCUT2D eigenvalue weighted by Gasteiger charge is 2.07. The third-order valence-electron chi connectivity index (χ3n) is 4.11. The second-order valence-electron chi connectivity index (χ2n) is 6.40. The maximum atomic E-state index is 12.1. The van der Waals surface area contributed by atoms with Crippen molar-refractivity contribution in [2.45, 2.75) is 20.1 Å². The van der Waals surface area contributed by atoms with Gasteiger partial charge >= 0.3 is 6.09 Å². The van der Waals surface area contributed by atoms with Gasteiger partial charge in [-0.25, -0.2) is 4.79 Å². The van der Waals surface area contributed by atoms with Crippen LogP contribution in [0, 0.1) is 6.92 Å². The fourth-order valence-corrected chi connectivity index (χ4v) is 2.60. The molecule has 148 valence electrons. The number of rotatable bonds is 6. The van der Waals surface area contributed by atoms with Crippen LogP contribution in [0.15, 0.2) is 66.9 Å². The molecule has 0 fully saturated rings. The quantitative estimate of drug-likeness (QED) is 0.617. The highest BCUT2D eigenvalue weighted by Crippen LogP contribution is 2.12. The van der Waals surface area contributed by atoms with E-state index in [1.54, 1.807) is 54.7 Å². The molecule has 2 amide bonds. The average molecular weight is 410 g/mol. The Labute approximate surface area is 173 Å². The molecule has 3 aromatic rings. The number of aryl methyl sites for hydroxylation is 1. The minimum absolute atomic E-state index is 0.154. The number of nitrogens with zero attached hydrogens (tertiary/aromatic N) is 1. The summed E-state index contributed by atoms with van der Waals surface area (Å²) >= 11 is 5.82. The van der Waals surface area contributed by atoms with Gasteiger partial charge in [0.15, 0.2) is 0 Å². The molecule has 0 radical (unpaired) electrons. The first-order valence-corrected chi connectivity index (χ1v) is 9.35. The summed E-state index contributed by atoms with van der Waals surface area (Å²) in [6.45, 7) is 2.39. The molecule has 0 spiro atoms. The van der Waals surface area contributed by atoms with Gasteiger partial charge in [-0.2, -0.15) is 0 Å². The molecular weight excluding hydrogens is 390 g/mol. The van der Waals surface area contributed by atoms with E-state index in [9.17, 15) is 9.59 Å². The second kappa shape index (κ2) is 9.71. The van der Waals surface area contributed by atoms with Gasteiger partial charge in [0.25, 0.3) is 5.91 Å². The number of carbonyl (C=O) groups excluding carboxylic acids is 2. The lowest BCUT2D eigenvalue weighted by molar-refractivity contribution is 0.0950. The first-order chi connectivity index (χ1) is 14.0. The zero-order chi connectivity index (χ0) is 20.6. The van der Waals surface area contributed by atoms with E-state index in [4.69, 9.17) is 16.3 Å². The largest absolute Gasteiger partial charge is 0.444 e. The van der Waals surface area contributed by atoms with E-state index in [-0.39, 0.29) is 12.5 Å². The Hall–Kier alpha value is -3.38. The Morgan fingerprint density at radius 1 is 0.966 bits per heavy atom. The molecule has 7 heteroatoms. The summed E-state index contributed by atoms with van der Waals surface area (Å²) in [5, 5.41) is 6.13. The fraction of sp³-hybridized carbons (Fsp3) is 0.136. The molecule has 0 bridgehead atoms. The van der Waals surface area contributed by atoms with Crippen molar-refractivity contribution in [2.75, 3.05) is 5.32 Å². The number of hydrogen-bond donors (Lipinski definition) is 2. The van der Waals surface area contributed by atoms with Crippen LogP contribution in [0.4, 0.5) is 10.5 Å².